The molecule has 1 atom stereocenters. The van der Waals surface area contributed by atoms with Crippen LogP contribution in [0, 0.1) is 5.82 Å². The number of piperidine rings is 1. The van der Waals surface area contributed by atoms with Gasteiger partial charge in [0.2, 0.25) is 11.9 Å². The zero-order valence-corrected chi connectivity index (χ0v) is 17.3. The molecule has 0 spiro atoms. The van der Waals surface area contributed by atoms with Gasteiger partial charge in [-0.15, -0.1) is 0 Å². The molecule has 1 aliphatic heterocycles. The topological polar surface area (TPSA) is 87.2 Å². The number of amides is 2. The highest BCUT2D eigenvalue weighted by Gasteiger charge is 2.25. The smallest absolute Gasteiger partial charge is 0.253 e. The van der Waals surface area contributed by atoms with Crippen LogP contribution < -0.4 is 10.6 Å². The zero-order chi connectivity index (χ0) is 21.8. The highest BCUT2D eigenvalue weighted by atomic mass is 19.1. The van der Waals surface area contributed by atoms with Gasteiger partial charge in [-0.3, -0.25) is 9.59 Å². The third-order valence-electron chi connectivity index (χ3n) is 5.32. The van der Waals surface area contributed by atoms with Gasteiger partial charge in [-0.25, -0.2) is 14.4 Å². The molecule has 0 saturated carbocycles. The lowest BCUT2D eigenvalue weighted by molar-refractivity contribution is -0.115. The van der Waals surface area contributed by atoms with Crippen LogP contribution in [-0.4, -0.2) is 45.8 Å². The molecule has 0 bridgehead atoms. The fourth-order valence-electron chi connectivity index (χ4n) is 3.66. The van der Waals surface area contributed by atoms with Gasteiger partial charge in [-0.05, 0) is 49.2 Å². The first-order chi connectivity index (χ1) is 15.0. The van der Waals surface area contributed by atoms with Gasteiger partial charge in [0.15, 0.2) is 0 Å². The minimum Gasteiger partial charge on any atom is -0.350 e. The molecule has 0 aliphatic carbocycles. The number of halogens is 1. The van der Waals surface area contributed by atoms with E-state index in [-0.39, 0.29) is 23.7 Å². The summed E-state index contributed by atoms with van der Waals surface area (Å²) in [5, 5.41) is 6.83. The largest absolute Gasteiger partial charge is 0.350 e. The summed E-state index contributed by atoms with van der Waals surface area (Å²) in [5.41, 5.74) is 1.79. The van der Waals surface area contributed by atoms with Crippen molar-refractivity contribution in [2.45, 2.75) is 32.2 Å². The molecule has 2 heterocycles. The number of likely N-dealkylation sites (tertiary alicyclic amines) is 1. The zero-order valence-electron chi connectivity index (χ0n) is 17.3. The first-order valence-corrected chi connectivity index (χ1v) is 10.4. The van der Waals surface area contributed by atoms with E-state index in [9.17, 15) is 14.0 Å². The minimum atomic E-state index is -0.341. The standard InChI is InChI=1S/C23H24FN5O2/c1-2-21(30)26-18-9-6-15(7-10-18)22(31)29-11-3-4-19(14-29)27-23-25-13-16-5-8-17(24)12-20(16)28-23/h5-10,12-13,19H,2-4,11,14H2,1H3,(H,26,30)(H,25,27,28). The van der Waals surface area contributed by atoms with E-state index >= 15 is 0 Å². The maximum Gasteiger partial charge on any atom is 0.253 e. The lowest BCUT2D eigenvalue weighted by atomic mass is 10.0. The van der Waals surface area contributed by atoms with E-state index < -0.39 is 0 Å². The van der Waals surface area contributed by atoms with Crippen molar-refractivity contribution in [3.63, 3.8) is 0 Å². The average molecular weight is 421 g/mol. The Labute approximate surface area is 179 Å². The molecule has 0 radical (unpaired) electrons. The van der Waals surface area contributed by atoms with Gasteiger partial charge in [0.05, 0.1) is 5.52 Å². The Bertz CT molecular complexity index is 1100. The third-order valence-corrected chi connectivity index (χ3v) is 5.32. The highest BCUT2D eigenvalue weighted by Crippen LogP contribution is 2.19. The number of carbonyl (C=O) groups is 2. The van der Waals surface area contributed by atoms with Crippen molar-refractivity contribution in [3.05, 3.63) is 60.0 Å². The van der Waals surface area contributed by atoms with Crippen molar-refractivity contribution >= 4 is 34.4 Å². The molecule has 2 aromatic carbocycles. The van der Waals surface area contributed by atoms with Crippen molar-refractivity contribution < 1.29 is 14.0 Å². The number of rotatable bonds is 5. The Balaban J connectivity index is 1.41. The number of hydrogen-bond acceptors (Lipinski definition) is 5. The van der Waals surface area contributed by atoms with E-state index in [2.05, 4.69) is 20.6 Å². The molecule has 31 heavy (non-hydrogen) atoms. The van der Waals surface area contributed by atoms with Crippen LogP contribution in [0.4, 0.5) is 16.0 Å². The van der Waals surface area contributed by atoms with Crippen molar-refractivity contribution in [1.29, 1.82) is 0 Å². The molecule has 160 valence electrons. The van der Waals surface area contributed by atoms with E-state index in [1.807, 2.05) is 4.90 Å². The molecule has 4 rings (SSSR count). The van der Waals surface area contributed by atoms with Crippen molar-refractivity contribution in [2.24, 2.45) is 0 Å². The van der Waals surface area contributed by atoms with Crippen LogP contribution in [0.1, 0.15) is 36.5 Å². The number of anilines is 2. The van der Waals surface area contributed by atoms with E-state index in [1.54, 1.807) is 43.5 Å². The summed E-state index contributed by atoms with van der Waals surface area (Å²) in [4.78, 5) is 35.0. The van der Waals surface area contributed by atoms with Crippen LogP contribution >= 0.6 is 0 Å². The molecule has 3 aromatic rings. The summed E-state index contributed by atoms with van der Waals surface area (Å²) in [5.74, 6) is -0.0377. The van der Waals surface area contributed by atoms with Gasteiger partial charge in [0, 0.05) is 54.5 Å². The predicted molar refractivity (Wildman–Crippen MR) is 117 cm³/mol. The maximum absolute atomic E-state index is 13.5. The minimum absolute atomic E-state index is 0.00632. The molecule has 2 amide bonds. The maximum atomic E-state index is 13.5. The molecule has 8 heteroatoms. The summed E-state index contributed by atoms with van der Waals surface area (Å²) >= 11 is 0. The average Bonchev–Trinajstić information content (AvgIpc) is 2.79. The lowest BCUT2D eigenvalue weighted by Gasteiger charge is -2.33. The van der Waals surface area contributed by atoms with Crippen LogP contribution in [0.15, 0.2) is 48.7 Å². The quantitative estimate of drug-likeness (QED) is 0.654. The molecule has 1 fully saturated rings. The van der Waals surface area contributed by atoms with Crippen molar-refractivity contribution in [3.8, 4) is 0 Å². The Hall–Kier alpha value is -3.55. The second-order valence-corrected chi connectivity index (χ2v) is 7.61. The second-order valence-electron chi connectivity index (χ2n) is 7.61. The Morgan fingerprint density at radius 1 is 1.19 bits per heavy atom. The number of benzene rings is 2. The Kier molecular flexibility index (Phi) is 6.06. The van der Waals surface area contributed by atoms with E-state index in [0.717, 1.165) is 18.2 Å². The first kappa shape index (κ1) is 20.7. The normalized spacial score (nSPS) is 16.2. The Morgan fingerprint density at radius 2 is 2.00 bits per heavy atom. The monoisotopic (exact) mass is 421 g/mol. The van der Waals surface area contributed by atoms with Gasteiger partial charge in [0.1, 0.15) is 5.82 Å². The van der Waals surface area contributed by atoms with Crippen LogP contribution in [0.3, 0.4) is 0 Å². The molecule has 1 aliphatic rings. The number of nitrogens with zero attached hydrogens (tertiary/aromatic N) is 3. The number of hydrogen-bond donors (Lipinski definition) is 2. The Morgan fingerprint density at radius 3 is 2.77 bits per heavy atom. The van der Waals surface area contributed by atoms with E-state index in [1.165, 1.54) is 12.1 Å². The van der Waals surface area contributed by atoms with Crippen LogP contribution in [0.25, 0.3) is 10.9 Å². The number of aromatic nitrogens is 2. The second kappa shape index (κ2) is 9.07. The fourth-order valence-corrected chi connectivity index (χ4v) is 3.66. The predicted octanol–water partition coefficient (Wildman–Crippen LogP) is 3.83. The molecule has 7 nitrogen and oxygen atoms in total. The van der Waals surface area contributed by atoms with Crippen LogP contribution in [0.5, 0.6) is 0 Å². The van der Waals surface area contributed by atoms with Gasteiger partial charge in [-0.1, -0.05) is 6.92 Å². The van der Waals surface area contributed by atoms with Crippen LogP contribution in [-0.2, 0) is 4.79 Å². The summed E-state index contributed by atoms with van der Waals surface area (Å²) in [6, 6.07) is 11.3. The fraction of sp³-hybridized carbons (Fsp3) is 0.304. The SMILES string of the molecule is CCC(=O)Nc1ccc(C(=O)N2CCCC(Nc3ncc4ccc(F)cc4n3)C2)cc1. The molecule has 2 N–H and O–H groups in total. The third kappa shape index (κ3) is 4.96. The molecular weight excluding hydrogens is 397 g/mol. The summed E-state index contributed by atoms with van der Waals surface area (Å²) < 4.78 is 13.5. The van der Waals surface area contributed by atoms with E-state index in [4.69, 9.17) is 0 Å². The molecular formula is C23H24FN5O2. The van der Waals surface area contributed by atoms with Crippen LogP contribution in [0.2, 0.25) is 0 Å². The van der Waals surface area contributed by atoms with E-state index in [0.29, 0.717) is 42.2 Å². The van der Waals surface area contributed by atoms with Gasteiger partial charge in [0.25, 0.3) is 5.91 Å². The van der Waals surface area contributed by atoms with Crippen molar-refractivity contribution in [1.82, 2.24) is 14.9 Å². The summed E-state index contributed by atoms with van der Waals surface area (Å²) in [6.45, 7) is 2.99. The van der Waals surface area contributed by atoms with Gasteiger partial charge >= 0.3 is 0 Å². The summed E-state index contributed by atoms with van der Waals surface area (Å²) in [7, 11) is 0. The lowest BCUT2D eigenvalue weighted by Crippen LogP contribution is -2.45. The number of nitrogens with one attached hydrogen (secondary N) is 2. The van der Waals surface area contributed by atoms with Gasteiger partial charge in [-0.2, -0.15) is 0 Å². The molecule has 1 saturated heterocycles. The molecule has 1 aromatic heterocycles. The summed E-state index contributed by atoms with van der Waals surface area (Å²) in [6.07, 6.45) is 3.81. The molecule has 1 unspecified atom stereocenters. The first-order valence-electron chi connectivity index (χ1n) is 10.4. The number of fused-ring (bicyclic) bond motifs is 1. The number of carbonyl (C=O) groups excluding carboxylic acids is 2. The van der Waals surface area contributed by atoms with Gasteiger partial charge < -0.3 is 15.5 Å². The van der Waals surface area contributed by atoms with Crippen molar-refractivity contribution in [2.75, 3.05) is 23.7 Å². The highest BCUT2D eigenvalue weighted by molar-refractivity contribution is 5.96.